The Hall–Kier alpha value is -3.60. The van der Waals surface area contributed by atoms with Crippen LogP contribution in [0.2, 0.25) is 0 Å². The lowest BCUT2D eigenvalue weighted by Gasteiger charge is -2.16. The highest BCUT2D eigenvalue weighted by atomic mass is 16.5. The number of fused-ring (bicyclic) bond motifs is 2. The van der Waals surface area contributed by atoms with E-state index in [1.807, 2.05) is 12.1 Å². The minimum Gasteiger partial charge on any atom is -0.508 e. The van der Waals surface area contributed by atoms with Crippen molar-refractivity contribution >= 4 is 17.4 Å². The summed E-state index contributed by atoms with van der Waals surface area (Å²) in [6, 6.07) is 16.4. The first-order valence-corrected chi connectivity index (χ1v) is 7.56. The van der Waals surface area contributed by atoms with E-state index in [0.29, 0.717) is 34.7 Å². The highest BCUT2D eigenvalue weighted by Crippen LogP contribution is 2.43. The standard InChI is InChI=1S/C20H12O5/c21-11-24-17-4-2-1-3-14(17)20-15-7-5-12(22)9-18(15)25-19-10-13(23)6-8-16(19)20/h1-11,22H. The molecule has 0 unspecified atom stereocenters. The number of hydrogen-bond acceptors (Lipinski definition) is 5. The molecular formula is C20H12O5. The summed E-state index contributed by atoms with van der Waals surface area (Å²) in [6.07, 6.45) is 0. The van der Waals surface area contributed by atoms with E-state index in [-0.39, 0.29) is 11.2 Å². The van der Waals surface area contributed by atoms with Crippen LogP contribution >= 0.6 is 0 Å². The lowest BCUT2D eigenvalue weighted by molar-refractivity contribution is -0.120. The summed E-state index contributed by atoms with van der Waals surface area (Å²) < 4.78 is 10.9. The summed E-state index contributed by atoms with van der Waals surface area (Å²) in [5, 5.41) is 10.5. The molecule has 1 heterocycles. The zero-order valence-electron chi connectivity index (χ0n) is 12.9. The van der Waals surface area contributed by atoms with Crippen molar-refractivity contribution in [2.24, 2.45) is 0 Å². The van der Waals surface area contributed by atoms with Gasteiger partial charge in [-0.25, -0.2) is 0 Å². The molecule has 0 amide bonds. The fraction of sp³-hybridized carbons (Fsp3) is 0. The van der Waals surface area contributed by atoms with Crippen molar-refractivity contribution in [1.29, 1.82) is 0 Å². The molecule has 2 aromatic rings. The topological polar surface area (TPSA) is 76.7 Å². The number of hydrogen-bond donors (Lipinski definition) is 1. The van der Waals surface area contributed by atoms with Gasteiger partial charge in [0, 0.05) is 34.2 Å². The van der Waals surface area contributed by atoms with Crippen LogP contribution < -0.4 is 10.2 Å². The lowest BCUT2D eigenvalue weighted by atomic mass is 9.93. The maximum atomic E-state index is 11.7. The number of aromatic hydroxyl groups is 1. The molecule has 25 heavy (non-hydrogen) atoms. The Kier molecular flexibility index (Phi) is 3.47. The molecule has 0 atom stereocenters. The quantitative estimate of drug-likeness (QED) is 0.456. The highest BCUT2D eigenvalue weighted by molar-refractivity contribution is 6.03. The average Bonchev–Trinajstić information content (AvgIpc) is 2.60. The Labute approximate surface area is 142 Å². The van der Waals surface area contributed by atoms with Crippen molar-refractivity contribution in [3.8, 4) is 33.9 Å². The van der Waals surface area contributed by atoms with Crippen molar-refractivity contribution in [2.45, 2.75) is 0 Å². The van der Waals surface area contributed by atoms with Crippen LogP contribution in [0.5, 0.6) is 11.5 Å². The maximum absolute atomic E-state index is 11.7. The summed E-state index contributed by atoms with van der Waals surface area (Å²) >= 11 is 0. The monoisotopic (exact) mass is 332 g/mol. The Balaban J connectivity index is 2.18. The van der Waals surface area contributed by atoms with Gasteiger partial charge < -0.3 is 14.3 Å². The number of rotatable bonds is 3. The van der Waals surface area contributed by atoms with Crippen LogP contribution in [0.4, 0.5) is 0 Å². The molecule has 2 aliphatic rings. The summed E-state index contributed by atoms with van der Waals surface area (Å²) in [6.45, 7) is 0.373. The summed E-state index contributed by atoms with van der Waals surface area (Å²) in [4.78, 5) is 22.6. The van der Waals surface area contributed by atoms with E-state index < -0.39 is 0 Å². The molecule has 5 heteroatoms. The summed E-state index contributed by atoms with van der Waals surface area (Å²) in [7, 11) is 0. The van der Waals surface area contributed by atoms with E-state index >= 15 is 0 Å². The van der Waals surface area contributed by atoms with Gasteiger partial charge in [-0.2, -0.15) is 0 Å². The molecule has 0 fully saturated rings. The molecule has 1 N–H and O–H groups in total. The van der Waals surface area contributed by atoms with E-state index in [0.717, 1.165) is 10.9 Å². The van der Waals surface area contributed by atoms with Crippen LogP contribution in [0.3, 0.4) is 0 Å². The Morgan fingerprint density at radius 2 is 1.80 bits per heavy atom. The van der Waals surface area contributed by atoms with Crippen LogP contribution in [-0.4, -0.2) is 11.6 Å². The first kappa shape index (κ1) is 15.0. The first-order valence-electron chi connectivity index (χ1n) is 7.56. The van der Waals surface area contributed by atoms with Crippen molar-refractivity contribution in [1.82, 2.24) is 0 Å². The second-order valence-corrected chi connectivity index (χ2v) is 5.53. The van der Waals surface area contributed by atoms with Crippen LogP contribution in [0, 0.1) is 0 Å². The number of para-hydroxylation sites is 1. The number of carbonyl (C=O) groups excluding carboxylic acids is 1. The first-order chi connectivity index (χ1) is 12.2. The fourth-order valence-electron chi connectivity index (χ4n) is 2.98. The second kappa shape index (κ2) is 5.79. The van der Waals surface area contributed by atoms with Crippen molar-refractivity contribution in [3.63, 3.8) is 0 Å². The van der Waals surface area contributed by atoms with E-state index in [1.165, 1.54) is 18.2 Å². The minimum absolute atomic E-state index is 0.0530. The SMILES string of the molecule is O=COc1ccccc1-c1c2ccc(=O)cc-2oc2cc(O)ccc12. The van der Waals surface area contributed by atoms with Gasteiger partial charge >= 0.3 is 0 Å². The van der Waals surface area contributed by atoms with Gasteiger partial charge in [-0.1, -0.05) is 18.2 Å². The van der Waals surface area contributed by atoms with E-state index in [1.54, 1.807) is 30.3 Å². The molecule has 0 bridgehead atoms. The van der Waals surface area contributed by atoms with Gasteiger partial charge in [0.05, 0.1) is 0 Å². The lowest BCUT2D eigenvalue weighted by Crippen LogP contribution is -2.00. The van der Waals surface area contributed by atoms with Crippen molar-refractivity contribution in [3.05, 3.63) is 70.9 Å². The van der Waals surface area contributed by atoms with Gasteiger partial charge in [0.25, 0.3) is 6.47 Å². The zero-order valence-corrected chi connectivity index (χ0v) is 12.9. The summed E-state index contributed by atoms with van der Waals surface area (Å²) in [5.74, 6) is 0.837. The average molecular weight is 332 g/mol. The molecular weight excluding hydrogens is 320 g/mol. The maximum Gasteiger partial charge on any atom is 0.298 e. The molecule has 122 valence electrons. The van der Waals surface area contributed by atoms with Gasteiger partial charge in [0.2, 0.25) is 0 Å². The zero-order chi connectivity index (χ0) is 17.4. The normalized spacial score (nSPS) is 10.9. The van der Waals surface area contributed by atoms with Gasteiger partial charge in [-0.05, 0) is 30.3 Å². The summed E-state index contributed by atoms with van der Waals surface area (Å²) in [5.41, 5.74) is 2.39. The van der Waals surface area contributed by atoms with Crippen molar-refractivity contribution < 1.29 is 19.1 Å². The number of phenolic OH excluding ortho intramolecular Hbond substituents is 1. The molecule has 4 rings (SSSR count). The molecule has 2 aromatic carbocycles. The van der Waals surface area contributed by atoms with Gasteiger partial charge in [0.1, 0.15) is 22.8 Å². The van der Waals surface area contributed by atoms with E-state index in [4.69, 9.17) is 9.15 Å². The third-order valence-corrected chi connectivity index (χ3v) is 4.01. The van der Waals surface area contributed by atoms with E-state index in [2.05, 4.69) is 0 Å². The van der Waals surface area contributed by atoms with Crippen molar-refractivity contribution in [2.75, 3.05) is 0 Å². The predicted octanol–water partition coefficient (Wildman–Crippen LogP) is 3.81. The third kappa shape index (κ3) is 2.52. The molecule has 1 aliphatic heterocycles. The number of carbonyl (C=O) groups is 1. The largest absolute Gasteiger partial charge is 0.508 e. The van der Waals surface area contributed by atoms with Gasteiger partial charge in [0.15, 0.2) is 5.43 Å². The second-order valence-electron chi connectivity index (χ2n) is 5.53. The van der Waals surface area contributed by atoms with E-state index in [9.17, 15) is 14.7 Å². The van der Waals surface area contributed by atoms with Crippen LogP contribution in [0.25, 0.3) is 33.4 Å². The molecule has 0 saturated carbocycles. The molecule has 5 nitrogen and oxygen atoms in total. The highest BCUT2D eigenvalue weighted by Gasteiger charge is 2.20. The van der Waals surface area contributed by atoms with Crippen LogP contribution in [0.15, 0.2) is 69.9 Å². The number of benzene rings is 3. The van der Waals surface area contributed by atoms with Gasteiger partial charge in [-0.15, -0.1) is 0 Å². The molecule has 0 saturated heterocycles. The Morgan fingerprint density at radius 3 is 2.64 bits per heavy atom. The Bertz CT molecular complexity index is 1130. The third-order valence-electron chi connectivity index (χ3n) is 4.01. The van der Waals surface area contributed by atoms with Crippen LogP contribution in [-0.2, 0) is 4.79 Å². The Morgan fingerprint density at radius 1 is 0.960 bits per heavy atom. The smallest absolute Gasteiger partial charge is 0.298 e. The number of ether oxygens (including phenoxy) is 1. The molecule has 1 aliphatic carbocycles. The van der Waals surface area contributed by atoms with Gasteiger partial charge in [-0.3, -0.25) is 9.59 Å². The predicted molar refractivity (Wildman–Crippen MR) is 92.9 cm³/mol. The molecule has 0 spiro atoms. The number of phenols is 1. The molecule has 0 aromatic heterocycles. The minimum atomic E-state index is -0.181. The molecule has 0 radical (unpaired) electrons. The van der Waals surface area contributed by atoms with Crippen LogP contribution in [0.1, 0.15) is 0 Å². The fourth-order valence-corrected chi connectivity index (χ4v) is 2.98.